The molecule has 1 atom stereocenters. The number of carbonyl (C=O) groups excluding carboxylic acids is 1. The Bertz CT molecular complexity index is 980. The molecule has 1 aliphatic rings. The standard InChI is InChI=1S/C19H21ClN2O5S/c1-26-15-5-2-4-13(10-15)16-6-3-9-22(16)28(24,25)18-11-14(20)7-8-17(18)27-12-19(21)23/h2,4-5,7-8,10-11,16H,3,6,9,12H2,1H3,(H2,21,23)/t16-/m0/s1. The van der Waals surface area contributed by atoms with E-state index < -0.39 is 22.5 Å². The number of rotatable bonds is 7. The van der Waals surface area contributed by atoms with Crippen LogP contribution in [0.1, 0.15) is 24.4 Å². The number of nitrogens with zero attached hydrogens (tertiary/aromatic N) is 1. The molecule has 1 fully saturated rings. The summed E-state index contributed by atoms with van der Waals surface area (Å²) in [5.41, 5.74) is 5.96. The maximum Gasteiger partial charge on any atom is 0.255 e. The molecule has 28 heavy (non-hydrogen) atoms. The van der Waals surface area contributed by atoms with Crippen molar-refractivity contribution < 1.29 is 22.7 Å². The van der Waals surface area contributed by atoms with Crippen LogP contribution in [0.25, 0.3) is 0 Å². The number of ether oxygens (including phenoxy) is 2. The molecule has 3 rings (SSSR count). The van der Waals surface area contributed by atoms with Crippen molar-refractivity contribution in [1.29, 1.82) is 0 Å². The smallest absolute Gasteiger partial charge is 0.255 e. The van der Waals surface area contributed by atoms with Crippen LogP contribution < -0.4 is 15.2 Å². The third kappa shape index (κ3) is 4.24. The first-order chi connectivity index (χ1) is 13.3. The average Bonchev–Trinajstić information content (AvgIpc) is 3.17. The molecule has 9 heteroatoms. The fraction of sp³-hybridized carbons (Fsp3) is 0.316. The second-order valence-corrected chi connectivity index (χ2v) is 8.69. The molecule has 0 aliphatic carbocycles. The number of benzene rings is 2. The van der Waals surface area contributed by atoms with E-state index in [2.05, 4.69) is 0 Å². The Morgan fingerprint density at radius 2 is 2.07 bits per heavy atom. The lowest BCUT2D eigenvalue weighted by molar-refractivity contribution is -0.120. The predicted octanol–water partition coefficient (Wildman–Crippen LogP) is 2.74. The van der Waals surface area contributed by atoms with Crippen molar-refractivity contribution in [1.82, 2.24) is 4.31 Å². The third-order valence-corrected chi connectivity index (χ3v) is 6.71. The largest absolute Gasteiger partial charge is 0.497 e. The van der Waals surface area contributed by atoms with Crippen LogP contribution in [-0.4, -0.2) is 38.9 Å². The molecule has 0 saturated carbocycles. The van der Waals surface area contributed by atoms with E-state index in [1.54, 1.807) is 7.11 Å². The van der Waals surface area contributed by atoms with Crippen molar-refractivity contribution in [2.24, 2.45) is 5.73 Å². The van der Waals surface area contributed by atoms with Gasteiger partial charge in [0, 0.05) is 11.6 Å². The lowest BCUT2D eigenvalue weighted by atomic mass is 10.1. The van der Waals surface area contributed by atoms with Crippen LogP contribution >= 0.6 is 11.6 Å². The molecule has 2 aromatic carbocycles. The van der Waals surface area contributed by atoms with E-state index in [1.165, 1.54) is 22.5 Å². The number of hydrogen-bond donors (Lipinski definition) is 1. The molecule has 150 valence electrons. The molecule has 0 unspecified atom stereocenters. The molecule has 1 aliphatic heterocycles. The zero-order valence-corrected chi connectivity index (χ0v) is 16.9. The SMILES string of the molecule is COc1cccc([C@@H]2CCCN2S(=O)(=O)c2cc(Cl)ccc2OCC(N)=O)c1. The van der Waals surface area contributed by atoms with Gasteiger partial charge in [-0.2, -0.15) is 4.31 Å². The molecule has 1 saturated heterocycles. The van der Waals surface area contributed by atoms with Crippen LogP contribution in [0.3, 0.4) is 0 Å². The van der Waals surface area contributed by atoms with Crippen molar-refractivity contribution in [3.63, 3.8) is 0 Å². The quantitative estimate of drug-likeness (QED) is 0.736. The van der Waals surface area contributed by atoms with Crippen LogP contribution in [0.5, 0.6) is 11.5 Å². The Labute approximate surface area is 169 Å². The van der Waals surface area contributed by atoms with E-state index in [9.17, 15) is 13.2 Å². The number of primary amides is 1. The minimum Gasteiger partial charge on any atom is -0.497 e. The molecule has 0 spiro atoms. The fourth-order valence-electron chi connectivity index (χ4n) is 3.29. The first-order valence-electron chi connectivity index (χ1n) is 8.69. The Kier molecular flexibility index (Phi) is 6.12. The Balaban J connectivity index is 1.99. The molecule has 1 amide bonds. The summed E-state index contributed by atoms with van der Waals surface area (Å²) in [6.45, 7) is -0.0601. The highest BCUT2D eigenvalue weighted by atomic mass is 35.5. The first kappa shape index (κ1) is 20.4. The van der Waals surface area contributed by atoms with E-state index in [1.807, 2.05) is 24.3 Å². The lowest BCUT2D eigenvalue weighted by Gasteiger charge is -2.25. The monoisotopic (exact) mass is 424 g/mol. The Morgan fingerprint density at radius 1 is 1.29 bits per heavy atom. The van der Waals surface area contributed by atoms with Gasteiger partial charge in [0.1, 0.15) is 16.4 Å². The maximum absolute atomic E-state index is 13.4. The molecular formula is C19H21ClN2O5S. The topological polar surface area (TPSA) is 98.9 Å². The van der Waals surface area contributed by atoms with Crippen molar-refractivity contribution in [2.75, 3.05) is 20.3 Å². The molecule has 2 N–H and O–H groups in total. The summed E-state index contributed by atoms with van der Waals surface area (Å²) in [6.07, 6.45) is 1.41. The number of methoxy groups -OCH3 is 1. The number of carbonyl (C=O) groups is 1. The summed E-state index contributed by atoms with van der Waals surface area (Å²) in [5.74, 6) is 0.00297. The molecule has 0 radical (unpaired) electrons. The maximum atomic E-state index is 13.4. The van der Waals surface area contributed by atoms with Crippen molar-refractivity contribution in [3.8, 4) is 11.5 Å². The van der Waals surface area contributed by atoms with Crippen LogP contribution in [0.15, 0.2) is 47.4 Å². The number of hydrogen-bond acceptors (Lipinski definition) is 5. The molecule has 0 aromatic heterocycles. The van der Waals surface area contributed by atoms with Crippen LogP contribution in [0.2, 0.25) is 5.02 Å². The first-order valence-corrected chi connectivity index (χ1v) is 10.5. The van der Waals surface area contributed by atoms with Gasteiger partial charge in [0.15, 0.2) is 6.61 Å². The van der Waals surface area contributed by atoms with Gasteiger partial charge in [-0.1, -0.05) is 23.7 Å². The molecule has 7 nitrogen and oxygen atoms in total. The summed E-state index contributed by atoms with van der Waals surface area (Å²) >= 11 is 6.04. The van der Waals surface area contributed by atoms with E-state index >= 15 is 0 Å². The summed E-state index contributed by atoms with van der Waals surface area (Å²) in [5, 5.41) is 0.252. The normalized spacial score (nSPS) is 17.4. The number of sulfonamides is 1. The van der Waals surface area contributed by atoms with E-state index in [4.69, 9.17) is 26.8 Å². The Morgan fingerprint density at radius 3 is 2.79 bits per heavy atom. The van der Waals surface area contributed by atoms with Crippen molar-refractivity contribution in [2.45, 2.75) is 23.8 Å². The third-order valence-electron chi connectivity index (χ3n) is 4.54. The highest BCUT2D eigenvalue weighted by Crippen LogP contribution is 2.40. The number of nitrogens with two attached hydrogens (primary N) is 1. The minimum atomic E-state index is -3.93. The van der Waals surface area contributed by atoms with Crippen LogP contribution in [0.4, 0.5) is 0 Å². The highest BCUT2D eigenvalue weighted by Gasteiger charge is 2.38. The summed E-state index contributed by atoms with van der Waals surface area (Å²) in [4.78, 5) is 11.0. The van der Waals surface area contributed by atoms with Gasteiger partial charge < -0.3 is 15.2 Å². The predicted molar refractivity (Wildman–Crippen MR) is 105 cm³/mol. The van der Waals surface area contributed by atoms with Gasteiger partial charge in [-0.3, -0.25) is 4.79 Å². The van der Waals surface area contributed by atoms with E-state index in [0.717, 1.165) is 12.0 Å². The second-order valence-electron chi connectivity index (χ2n) is 6.40. The Hall–Kier alpha value is -2.29. The second kappa shape index (κ2) is 8.38. The summed E-state index contributed by atoms with van der Waals surface area (Å²) in [7, 11) is -2.36. The highest BCUT2D eigenvalue weighted by molar-refractivity contribution is 7.89. The zero-order valence-electron chi connectivity index (χ0n) is 15.3. The minimum absolute atomic E-state index is 0.0412. The summed E-state index contributed by atoms with van der Waals surface area (Å²) < 4.78 is 38.9. The van der Waals surface area contributed by atoms with Gasteiger partial charge >= 0.3 is 0 Å². The zero-order chi connectivity index (χ0) is 20.3. The molecule has 1 heterocycles. The van der Waals surface area contributed by atoms with Crippen LogP contribution in [-0.2, 0) is 14.8 Å². The van der Waals surface area contributed by atoms with Crippen molar-refractivity contribution in [3.05, 3.63) is 53.1 Å². The van der Waals surface area contributed by atoms with E-state index in [-0.39, 0.29) is 21.7 Å². The fourth-order valence-corrected chi connectivity index (χ4v) is 5.37. The van der Waals surface area contributed by atoms with Gasteiger partial charge in [-0.25, -0.2) is 8.42 Å². The molecular weight excluding hydrogens is 404 g/mol. The van der Waals surface area contributed by atoms with Gasteiger partial charge in [-0.15, -0.1) is 0 Å². The molecule has 2 aromatic rings. The van der Waals surface area contributed by atoms with Gasteiger partial charge in [0.05, 0.1) is 13.2 Å². The average molecular weight is 425 g/mol. The summed E-state index contributed by atoms with van der Waals surface area (Å²) in [6, 6.07) is 11.3. The number of halogens is 1. The number of amides is 1. The van der Waals surface area contributed by atoms with Crippen LogP contribution in [0, 0.1) is 0 Å². The van der Waals surface area contributed by atoms with Gasteiger partial charge in [0.2, 0.25) is 10.0 Å². The molecule has 0 bridgehead atoms. The van der Waals surface area contributed by atoms with Crippen molar-refractivity contribution >= 4 is 27.5 Å². The van der Waals surface area contributed by atoms with Gasteiger partial charge in [-0.05, 0) is 48.7 Å². The lowest BCUT2D eigenvalue weighted by Crippen LogP contribution is -2.31. The van der Waals surface area contributed by atoms with Gasteiger partial charge in [0.25, 0.3) is 5.91 Å². The van der Waals surface area contributed by atoms with E-state index in [0.29, 0.717) is 18.7 Å².